The first-order chi connectivity index (χ1) is 15.3. The molecule has 0 saturated carbocycles. The van der Waals surface area contributed by atoms with Crippen LogP contribution in [0.1, 0.15) is 12.5 Å². The quantitative estimate of drug-likeness (QED) is 0.447. The summed E-state index contributed by atoms with van der Waals surface area (Å²) in [5, 5.41) is 4.43. The van der Waals surface area contributed by atoms with Crippen molar-refractivity contribution in [3.05, 3.63) is 42.1 Å². The van der Waals surface area contributed by atoms with Crippen LogP contribution in [0.25, 0.3) is 17.0 Å². The molecule has 0 atom stereocenters. The molecule has 0 N–H and O–H groups in total. The zero-order valence-electron chi connectivity index (χ0n) is 17.0. The van der Waals surface area contributed by atoms with E-state index in [0.717, 1.165) is 12.1 Å². The highest BCUT2D eigenvalue weighted by molar-refractivity contribution is 6.32. The molecule has 1 aliphatic rings. The Hall–Kier alpha value is -3.70. The van der Waals surface area contributed by atoms with E-state index in [2.05, 4.69) is 15.1 Å². The standard InChI is InChI=1S/C20H19F3N6O3/c1-2-32-17(31)16(30)27-8-10-28(11-9-27)19-25-18-24-7-6-15(29(18)26-19)13-4-3-5-14(12-13)20(21,22)23/h3-7,12H,2,8-11H2,1H3. The second-order valence-electron chi connectivity index (χ2n) is 7.03. The second kappa shape index (κ2) is 8.44. The van der Waals surface area contributed by atoms with Crippen LogP contribution in [-0.2, 0) is 20.5 Å². The third-order valence-electron chi connectivity index (χ3n) is 5.01. The maximum Gasteiger partial charge on any atom is 0.416 e. The summed E-state index contributed by atoms with van der Waals surface area (Å²) in [5.41, 5.74) is -0.0211. The lowest BCUT2D eigenvalue weighted by Crippen LogP contribution is -2.51. The van der Waals surface area contributed by atoms with Gasteiger partial charge in [0.2, 0.25) is 5.95 Å². The van der Waals surface area contributed by atoms with Gasteiger partial charge < -0.3 is 14.5 Å². The number of hydrogen-bond acceptors (Lipinski definition) is 7. The second-order valence-corrected chi connectivity index (χ2v) is 7.03. The largest absolute Gasteiger partial charge is 0.459 e. The van der Waals surface area contributed by atoms with Crippen LogP contribution in [0.15, 0.2) is 36.5 Å². The molecule has 0 spiro atoms. The molecule has 1 saturated heterocycles. The average Bonchev–Trinajstić information content (AvgIpc) is 3.23. The summed E-state index contributed by atoms with van der Waals surface area (Å²) < 4.78 is 45.5. The minimum atomic E-state index is -4.46. The van der Waals surface area contributed by atoms with E-state index in [9.17, 15) is 22.8 Å². The first kappa shape index (κ1) is 21.5. The summed E-state index contributed by atoms with van der Waals surface area (Å²) in [6.45, 7) is 3.06. The molecular formula is C20H19F3N6O3. The van der Waals surface area contributed by atoms with Crippen molar-refractivity contribution in [1.29, 1.82) is 0 Å². The van der Waals surface area contributed by atoms with Gasteiger partial charge in [0.1, 0.15) is 0 Å². The highest BCUT2D eigenvalue weighted by Gasteiger charge is 2.31. The minimum absolute atomic E-state index is 0.122. The number of hydrogen-bond donors (Lipinski definition) is 0. The van der Waals surface area contributed by atoms with Crippen LogP contribution >= 0.6 is 0 Å². The fraction of sp³-hybridized carbons (Fsp3) is 0.350. The minimum Gasteiger partial charge on any atom is -0.459 e. The molecule has 3 heterocycles. The van der Waals surface area contributed by atoms with E-state index in [1.54, 1.807) is 19.1 Å². The van der Waals surface area contributed by atoms with Gasteiger partial charge in [-0.1, -0.05) is 12.1 Å². The first-order valence-corrected chi connectivity index (χ1v) is 9.88. The van der Waals surface area contributed by atoms with Crippen molar-refractivity contribution >= 4 is 23.6 Å². The molecule has 1 aromatic carbocycles. The molecule has 12 heteroatoms. The number of rotatable bonds is 3. The van der Waals surface area contributed by atoms with E-state index < -0.39 is 23.6 Å². The number of nitrogens with zero attached hydrogens (tertiary/aromatic N) is 6. The maximum atomic E-state index is 13.1. The van der Waals surface area contributed by atoms with Crippen LogP contribution in [0.3, 0.4) is 0 Å². The van der Waals surface area contributed by atoms with Crippen LogP contribution in [0.2, 0.25) is 0 Å². The number of halogens is 3. The number of piperazine rings is 1. The number of amides is 1. The summed E-state index contributed by atoms with van der Waals surface area (Å²) in [7, 11) is 0. The van der Waals surface area contributed by atoms with Crippen LogP contribution < -0.4 is 4.90 Å². The molecule has 1 amide bonds. The fourth-order valence-corrected chi connectivity index (χ4v) is 3.42. The van der Waals surface area contributed by atoms with E-state index in [0.29, 0.717) is 30.3 Å². The molecule has 0 bridgehead atoms. The molecule has 9 nitrogen and oxygen atoms in total. The number of carbonyl (C=O) groups is 2. The van der Waals surface area contributed by atoms with Gasteiger partial charge in [0.25, 0.3) is 5.78 Å². The third-order valence-corrected chi connectivity index (χ3v) is 5.01. The summed E-state index contributed by atoms with van der Waals surface area (Å²) in [5.74, 6) is -1.01. The molecule has 0 radical (unpaired) electrons. The molecule has 2 aromatic heterocycles. The Balaban J connectivity index is 1.56. The Morgan fingerprint density at radius 3 is 2.56 bits per heavy atom. The topological polar surface area (TPSA) is 92.9 Å². The molecule has 0 aliphatic carbocycles. The van der Waals surface area contributed by atoms with E-state index in [1.165, 1.54) is 21.7 Å². The molecule has 0 unspecified atom stereocenters. The summed E-state index contributed by atoms with van der Waals surface area (Å²) in [6, 6.07) is 6.52. The van der Waals surface area contributed by atoms with Gasteiger partial charge in [-0.15, -0.1) is 5.10 Å². The Bertz CT molecular complexity index is 1150. The van der Waals surface area contributed by atoms with Crippen LogP contribution in [-0.4, -0.2) is 69.1 Å². The van der Waals surface area contributed by atoms with Gasteiger partial charge >= 0.3 is 18.1 Å². The lowest BCUT2D eigenvalue weighted by molar-refractivity contribution is -0.160. The monoisotopic (exact) mass is 448 g/mol. The molecular weight excluding hydrogens is 429 g/mol. The van der Waals surface area contributed by atoms with Crippen LogP contribution in [0.5, 0.6) is 0 Å². The normalized spacial score (nSPS) is 14.6. The van der Waals surface area contributed by atoms with Gasteiger partial charge in [0.15, 0.2) is 0 Å². The van der Waals surface area contributed by atoms with Crippen molar-refractivity contribution in [2.75, 3.05) is 37.7 Å². The SMILES string of the molecule is CCOC(=O)C(=O)N1CCN(c2nc3nccc(-c4cccc(C(F)(F)F)c4)n3n2)CC1. The fourth-order valence-electron chi connectivity index (χ4n) is 3.42. The Labute approximate surface area is 180 Å². The molecule has 3 aromatic rings. The molecule has 4 rings (SSSR count). The summed E-state index contributed by atoms with van der Waals surface area (Å²) in [4.78, 5) is 35.5. The van der Waals surface area contributed by atoms with E-state index in [-0.39, 0.29) is 25.5 Å². The van der Waals surface area contributed by atoms with E-state index in [1.807, 2.05) is 4.90 Å². The summed E-state index contributed by atoms with van der Waals surface area (Å²) in [6.07, 6.45) is -3.00. The van der Waals surface area contributed by atoms with Gasteiger partial charge in [0, 0.05) is 37.9 Å². The van der Waals surface area contributed by atoms with Crippen LogP contribution in [0.4, 0.5) is 19.1 Å². The molecule has 32 heavy (non-hydrogen) atoms. The number of esters is 1. The number of ether oxygens (including phenoxy) is 1. The Morgan fingerprint density at radius 1 is 1.12 bits per heavy atom. The number of alkyl halides is 3. The molecule has 1 aliphatic heterocycles. The highest BCUT2D eigenvalue weighted by Crippen LogP contribution is 2.32. The number of carbonyl (C=O) groups excluding carboxylic acids is 2. The van der Waals surface area contributed by atoms with E-state index in [4.69, 9.17) is 4.74 Å². The first-order valence-electron chi connectivity index (χ1n) is 9.88. The van der Waals surface area contributed by atoms with Crippen molar-refractivity contribution < 1.29 is 27.5 Å². The zero-order chi connectivity index (χ0) is 22.9. The van der Waals surface area contributed by atoms with Gasteiger partial charge in [-0.3, -0.25) is 4.79 Å². The van der Waals surface area contributed by atoms with Gasteiger partial charge in [0.05, 0.1) is 17.9 Å². The number of anilines is 1. The van der Waals surface area contributed by atoms with E-state index >= 15 is 0 Å². The van der Waals surface area contributed by atoms with Crippen molar-refractivity contribution in [1.82, 2.24) is 24.5 Å². The number of aromatic nitrogens is 4. The van der Waals surface area contributed by atoms with Gasteiger partial charge in [-0.05, 0) is 25.1 Å². The third kappa shape index (κ3) is 4.20. The average molecular weight is 448 g/mol. The smallest absolute Gasteiger partial charge is 0.416 e. The van der Waals surface area contributed by atoms with Crippen molar-refractivity contribution in [2.45, 2.75) is 13.1 Å². The lowest BCUT2D eigenvalue weighted by atomic mass is 10.1. The zero-order valence-corrected chi connectivity index (χ0v) is 17.0. The predicted molar refractivity (Wildman–Crippen MR) is 107 cm³/mol. The Morgan fingerprint density at radius 2 is 1.88 bits per heavy atom. The Kier molecular flexibility index (Phi) is 5.68. The maximum absolute atomic E-state index is 13.1. The molecule has 168 valence electrons. The lowest BCUT2D eigenvalue weighted by Gasteiger charge is -2.33. The predicted octanol–water partition coefficient (Wildman–Crippen LogP) is 2.02. The van der Waals surface area contributed by atoms with Crippen molar-refractivity contribution in [3.8, 4) is 11.3 Å². The highest BCUT2D eigenvalue weighted by atomic mass is 19.4. The van der Waals surface area contributed by atoms with Crippen molar-refractivity contribution in [2.24, 2.45) is 0 Å². The van der Waals surface area contributed by atoms with Gasteiger partial charge in [-0.25, -0.2) is 9.78 Å². The van der Waals surface area contributed by atoms with Gasteiger partial charge in [-0.2, -0.15) is 22.7 Å². The van der Waals surface area contributed by atoms with Crippen molar-refractivity contribution in [3.63, 3.8) is 0 Å². The van der Waals surface area contributed by atoms with Crippen LogP contribution in [0, 0.1) is 0 Å². The summed E-state index contributed by atoms with van der Waals surface area (Å²) >= 11 is 0. The molecule has 1 fully saturated rings. The number of fused-ring (bicyclic) bond motifs is 1. The number of benzene rings is 1.